The molecule has 6 aliphatic rings. The lowest BCUT2D eigenvalue weighted by molar-refractivity contribution is 0.369. The summed E-state index contributed by atoms with van der Waals surface area (Å²) >= 11 is 0. The first-order chi connectivity index (χ1) is 58.9. The highest BCUT2D eigenvalue weighted by atomic mass is 16.3. The summed E-state index contributed by atoms with van der Waals surface area (Å²) in [6.45, 7) is 9.56. The first-order valence-corrected chi connectivity index (χ1v) is 45.9. The Morgan fingerprint density at radius 2 is 0.697 bits per heavy atom. The van der Waals surface area contributed by atoms with Crippen molar-refractivity contribution >= 4 is 43.9 Å². The molecule has 6 aliphatic carbocycles. The van der Waals surface area contributed by atoms with Gasteiger partial charge in [0.25, 0.3) is 0 Å². The molecule has 0 radical (unpaired) electrons. The van der Waals surface area contributed by atoms with Gasteiger partial charge in [-0.05, 0) is 231 Å². The van der Waals surface area contributed by atoms with Gasteiger partial charge in [-0.1, -0.05) is 398 Å². The highest BCUT2D eigenvalue weighted by molar-refractivity contribution is 6.21. The lowest BCUT2D eigenvalue weighted by atomic mass is 9.62. The molecule has 0 saturated heterocycles. The second-order valence-corrected chi connectivity index (χ2v) is 36.4. The van der Waals surface area contributed by atoms with Gasteiger partial charge in [-0.25, -0.2) is 0 Å². The molecule has 2 aromatic heterocycles. The number of furan rings is 2. The van der Waals surface area contributed by atoms with Crippen LogP contribution in [0.5, 0.6) is 0 Å². The zero-order valence-electron chi connectivity index (χ0n) is 70.0. The van der Waals surface area contributed by atoms with Crippen molar-refractivity contribution in [1.29, 1.82) is 0 Å². The summed E-state index contributed by atoms with van der Waals surface area (Å²) in [5.74, 6) is 0.0753. The van der Waals surface area contributed by atoms with E-state index in [-0.39, 0.29) is 16.7 Å². The van der Waals surface area contributed by atoms with E-state index in [4.69, 9.17) is 8.83 Å². The van der Waals surface area contributed by atoms with E-state index >= 15 is 0 Å². The molecule has 588 valence electrons. The minimum atomic E-state index is -0.653. The van der Waals surface area contributed by atoms with Crippen molar-refractivity contribution in [2.24, 2.45) is 0 Å². The second-order valence-electron chi connectivity index (χ2n) is 36.4. The van der Waals surface area contributed by atoms with Gasteiger partial charge in [-0.15, -0.1) is 0 Å². The van der Waals surface area contributed by atoms with Crippen molar-refractivity contribution in [3.63, 3.8) is 0 Å². The molecule has 2 heteroatoms. The van der Waals surface area contributed by atoms with Crippen molar-refractivity contribution in [3.05, 3.63) is 369 Å². The van der Waals surface area contributed by atoms with Crippen LogP contribution in [0.1, 0.15) is 258 Å². The fourth-order valence-electron chi connectivity index (χ4n) is 25.0. The Morgan fingerprint density at radius 3 is 1.30 bits per heavy atom. The summed E-state index contributed by atoms with van der Waals surface area (Å²) in [6, 6.07) is 112. The Kier molecular flexibility index (Phi) is 18.6. The smallest absolute Gasteiger partial charge is 0.144 e. The van der Waals surface area contributed by atoms with Crippen LogP contribution in [0.2, 0.25) is 0 Å². The number of para-hydroxylation sites is 2. The number of rotatable bonds is 28. The van der Waals surface area contributed by atoms with Crippen LogP contribution in [-0.2, 0) is 34.5 Å². The van der Waals surface area contributed by atoms with Crippen LogP contribution in [-0.4, -0.2) is 0 Å². The zero-order chi connectivity index (χ0) is 79.6. The zero-order valence-corrected chi connectivity index (χ0v) is 70.0. The SMILES string of the molecule is CCCCCCCC1(CCCCCCC)c2ccccc2-c2c1c1c(c3oc4ccccc4c23)-c2ccc(CC(Cc3ccccc3-c3ccccc3)c3ccc4c(c3)C3(c5ccccc5-c5ccccc53)c3cc5c(cc3-4)C3(c4ccccc4-c4ccccc43)c3ccc4oc6ccccc6c4c3-5)cc2C1(CCCCCC)CCCCCC. The monoisotopic (exact) mass is 1540 g/mol. The van der Waals surface area contributed by atoms with Gasteiger partial charge in [0.05, 0.1) is 10.8 Å². The van der Waals surface area contributed by atoms with E-state index in [0.717, 1.165) is 53.4 Å². The van der Waals surface area contributed by atoms with Crippen molar-refractivity contribution in [3.8, 4) is 77.9 Å². The van der Waals surface area contributed by atoms with Gasteiger partial charge in [0, 0.05) is 37.9 Å². The van der Waals surface area contributed by atoms with Crippen LogP contribution in [0.25, 0.3) is 122 Å². The quantitative estimate of drug-likeness (QED) is 0.0457. The Balaban J connectivity index is 0.779. The van der Waals surface area contributed by atoms with Gasteiger partial charge in [0.1, 0.15) is 22.3 Å². The summed E-state index contributed by atoms with van der Waals surface area (Å²) in [7, 11) is 0. The van der Waals surface area contributed by atoms with Gasteiger partial charge < -0.3 is 8.83 Å². The number of fused-ring (bicyclic) bond motifs is 36. The Morgan fingerprint density at radius 1 is 0.261 bits per heavy atom. The van der Waals surface area contributed by atoms with E-state index in [1.807, 2.05) is 0 Å². The molecule has 2 spiro atoms. The molecule has 2 heterocycles. The fraction of sp³-hybridized carbons (Fsp3) is 0.282. The van der Waals surface area contributed by atoms with Crippen molar-refractivity contribution in [1.82, 2.24) is 0 Å². The van der Waals surface area contributed by atoms with E-state index in [1.165, 1.54) is 284 Å². The topological polar surface area (TPSA) is 26.3 Å². The molecule has 2 nitrogen and oxygen atoms in total. The predicted octanol–water partition coefficient (Wildman–Crippen LogP) is 32.6. The highest BCUT2D eigenvalue weighted by Crippen LogP contribution is 2.71. The molecule has 0 aliphatic heterocycles. The third-order valence-corrected chi connectivity index (χ3v) is 30.0. The summed E-state index contributed by atoms with van der Waals surface area (Å²) < 4.78 is 14.7. The van der Waals surface area contributed by atoms with E-state index < -0.39 is 10.8 Å². The van der Waals surface area contributed by atoms with Crippen LogP contribution < -0.4 is 0 Å². The molecule has 16 aromatic rings. The first kappa shape index (κ1) is 74.0. The summed E-state index contributed by atoms with van der Waals surface area (Å²) in [5, 5.41) is 4.96. The molecule has 0 bridgehead atoms. The largest absolute Gasteiger partial charge is 0.456 e. The van der Waals surface area contributed by atoms with Crippen molar-refractivity contribution in [2.45, 2.75) is 209 Å². The summed E-state index contributed by atoms with van der Waals surface area (Å²) in [6.07, 6.45) is 28.8. The van der Waals surface area contributed by atoms with Crippen LogP contribution in [0, 0.1) is 0 Å². The van der Waals surface area contributed by atoms with E-state index in [0.29, 0.717) is 0 Å². The molecular formula is C117H108O2. The molecule has 22 rings (SSSR count). The maximum absolute atomic E-state index is 7.72. The minimum absolute atomic E-state index is 0.0753. The third kappa shape index (κ3) is 11.0. The molecule has 14 aromatic carbocycles. The average Bonchev–Trinajstić information content (AvgIpc) is 1.49. The Hall–Kier alpha value is -11.3. The van der Waals surface area contributed by atoms with Gasteiger partial charge in [0.2, 0.25) is 0 Å². The second kappa shape index (κ2) is 29.9. The fourth-order valence-corrected chi connectivity index (χ4v) is 25.0. The third-order valence-electron chi connectivity index (χ3n) is 30.0. The number of hydrogen-bond donors (Lipinski definition) is 0. The molecular weight excluding hydrogens is 1440 g/mol. The minimum Gasteiger partial charge on any atom is -0.456 e. The first-order valence-electron chi connectivity index (χ1n) is 45.9. The molecule has 0 amide bonds. The van der Waals surface area contributed by atoms with E-state index in [2.05, 4.69) is 313 Å². The van der Waals surface area contributed by atoms with E-state index in [9.17, 15) is 0 Å². The van der Waals surface area contributed by atoms with Gasteiger partial charge in [-0.3, -0.25) is 0 Å². The van der Waals surface area contributed by atoms with Gasteiger partial charge in [0.15, 0.2) is 0 Å². The molecule has 0 N–H and O–H groups in total. The standard InChI is InChI=1S/C117H108O2/c1-5-9-13-17-40-66-114(67-41-18-14-10-6-2)93-53-31-28-50-87(93)108-109-90-52-30-37-59-104(90)119-113(109)110-88-62-60-76(71-99(88)115(112(110)111(108)114,68-38-15-11-7-3)69-39-16-12-8-4)70-80(72-79-44-22-23-45-81(79)77-42-20-19-21-43-77)78-61-63-86-91-74-102-92(75-101(91)117(100(86)73-78)96-56-34-26-48-84(96)85-49-27-35-57-97(85)117)106-98(64-65-105-107(106)89-51-29-36-58-103(89)118-105)116(102)94-54-32-24-46-82(94)83-47-25-33-55-95(83)116/h19-37,42-65,71,73-75,80H,5-18,38-41,66-70,72H2,1-4H3. The predicted molar refractivity (Wildman–Crippen MR) is 499 cm³/mol. The average molecular weight is 1550 g/mol. The molecule has 0 saturated carbocycles. The number of hydrogen-bond acceptors (Lipinski definition) is 2. The molecule has 1 unspecified atom stereocenters. The Labute approximate surface area is 703 Å². The normalized spacial score (nSPS) is 15.1. The van der Waals surface area contributed by atoms with E-state index in [1.54, 1.807) is 22.3 Å². The van der Waals surface area contributed by atoms with Gasteiger partial charge >= 0.3 is 0 Å². The Bertz CT molecular complexity index is 6540. The van der Waals surface area contributed by atoms with Crippen LogP contribution in [0.15, 0.2) is 294 Å². The molecule has 0 fully saturated rings. The van der Waals surface area contributed by atoms with Crippen LogP contribution in [0.4, 0.5) is 0 Å². The lowest BCUT2D eigenvalue weighted by Crippen LogP contribution is -2.33. The van der Waals surface area contributed by atoms with Crippen LogP contribution >= 0.6 is 0 Å². The van der Waals surface area contributed by atoms with Crippen molar-refractivity contribution in [2.75, 3.05) is 0 Å². The number of unbranched alkanes of at least 4 members (excludes halogenated alkanes) is 14. The molecule has 1 atom stereocenters. The maximum Gasteiger partial charge on any atom is 0.144 e. The number of benzene rings is 14. The summed E-state index contributed by atoms with van der Waals surface area (Å²) in [5.41, 5.74) is 42.7. The summed E-state index contributed by atoms with van der Waals surface area (Å²) in [4.78, 5) is 0. The lowest BCUT2D eigenvalue weighted by Gasteiger charge is -2.40. The molecule has 119 heavy (non-hydrogen) atoms. The van der Waals surface area contributed by atoms with Crippen LogP contribution in [0.3, 0.4) is 0 Å². The van der Waals surface area contributed by atoms with Crippen molar-refractivity contribution < 1.29 is 8.83 Å². The maximum atomic E-state index is 7.72. The van der Waals surface area contributed by atoms with Gasteiger partial charge in [-0.2, -0.15) is 0 Å². The highest BCUT2D eigenvalue weighted by Gasteiger charge is 2.58.